The molecule has 0 bridgehead atoms. The number of aromatic nitrogens is 3. The molecule has 3 heterocycles. The van der Waals surface area contributed by atoms with Gasteiger partial charge in [0, 0.05) is 49.0 Å². The molecule has 0 fully saturated rings. The van der Waals surface area contributed by atoms with Gasteiger partial charge >= 0.3 is 0 Å². The molecular formula is C38H33N3. The van der Waals surface area contributed by atoms with Crippen molar-refractivity contribution in [1.82, 2.24) is 14.5 Å². The van der Waals surface area contributed by atoms with Gasteiger partial charge in [-0.25, -0.2) is 4.98 Å². The molecule has 0 radical (unpaired) electrons. The Labute approximate surface area is 239 Å². The summed E-state index contributed by atoms with van der Waals surface area (Å²) in [7, 11) is 0. The Balaban J connectivity index is 1.44. The molecular weight excluding hydrogens is 498 g/mol. The number of pyridine rings is 1. The van der Waals surface area contributed by atoms with Crippen LogP contribution in [0.4, 0.5) is 0 Å². The molecule has 0 amide bonds. The summed E-state index contributed by atoms with van der Waals surface area (Å²) in [6.45, 7) is 6.64. The second kappa shape index (κ2) is 9.21. The summed E-state index contributed by atoms with van der Waals surface area (Å²) in [5.74, 6) is 0. The van der Waals surface area contributed by atoms with Crippen LogP contribution in [0.2, 0.25) is 0 Å². The van der Waals surface area contributed by atoms with E-state index >= 15 is 0 Å². The SMILES string of the molecule is CCCc1ccc2[nH]c3cc4c5cc(CCC)ccc5n(-c5ccc6nc7ccc(C)cc7cc6c5)c4cc3c2c1. The molecule has 0 unspecified atom stereocenters. The fourth-order valence-electron chi connectivity index (χ4n) is 6.76. The van der Waals surface area contributed by atoms with Gasteiger partial charge in [-0.05, 0) is 104 Å². The Kier molecular flexibility index (Phi) is 5.43. The molecule has 41 heavy (non-hydrogen) atoms. The molecule has 3 heteroatoms. The number of nitrogens with one attached hydrogen (secondary N) is 1. The standard InChI is InChI=1S/C38H33N3/c1-4-6-24-9-13-35-29(17-24)30-22-38-32(21-36(30)40-35)31-18-25(7-5-2)10-15-37(31)41(38)28-11-14-34-27(20-28)19-26-16-23(3)8-12-33(26)39-34/h8-22,40H,4-7H2,1-3H3. The number of aryl methyl sites for hydroxylation is 3. The van der Waals surface area contributed by atoms with E-state index in [1.165, 1.54) is 71.4 Å². The molecule has 1 N–H and O–H groups in total. The molecule has 0 saturated carbocycles. The van der Waals surface area contributed by atoms with Gasteiger partial charge in [0.1, 0.15) is 0 Å². The second-order valence-corrected chi connectivity index (χ2v) is 11.7. The quantitative estimate of drug-likeness (QED) is 0.220. The molecule has 8 aromatic rings. The van der Waals surface area contributed by atoms with Gasteiger partial charge < -0.3 is 9.55 Å². The minimum atomic E-state index is 1.03. The van der Waals surface area contributed by atoms with Crippen LogP contribution in [0.25, 0.3) is 71.1 Å². The fraction of sp³-hybridized carbons (Fsp3) is 0.184. The Hall–Kier alpha value is -4.63. The summed E-state index contributed by atoms with van der Waals surface area (Å²) < 4.78 is 2.45. The number of H-pyrrole nitrogens is 1. The summed E-state index contributed by atoms with van der Waals surface area (Å²) in [4.78, 5) is 8.70. The van der Waals surface area contributed by atoms with Crippen molar-refractivity contribution >= 4 is 65.4 Å². The highest BCUT2D eigenvalue weighted by Crippen LogP contribution is 2.38. The summed E-state index contributed by atoms with van der Waals surface area (Å²) in [6.07, 6.45) is 4.48. The predicted molar refractivity (Wildman–Crippen MR) is 176 cm³/mol. The molecule has 0 spiro atoms. The molecule has 0 saturated heterocycles. The maximum Gasteiger partial charge on any atom is 0.0711 e. The van der Waals surface area contributed by atoms with E-state index in [0.717, 1.165) is 42.1 Å². The zero-order valence-electron chi connectivity index (χ0n) is 23.9. The Bertz CT molecular complexity index is 2300. The molecule has 3 nitrogen and oxygen atoms in total. The molecule has 3 aromatic heterocycles. The van der Waals surface area contributed by atoms with Crippen molar-refractivity contribution < 1.29 is 0 Å². The average molecular weight is 532 g/mol. The summed E-state index contributed by atoms with van der Waals surface area (Å²) in [5, 5.41) is 7.54. The van der Waals surface area contributed by atoms with Crippen molar-refractivity contribution in [2.75, 3.05) is 0 Å². The van der Waals surface area contributed by atoms with Gasteiger partial charge in [0.25, 0.3) is 0 Å². The largest absolute Gasteiger partial charge is 0.354 e. The molecule has 5 aromatic carbocycles. The van der Waals surface area contributed by atoms with Gasteiger partial charge in [0.05, 0.1) is 22.1 Å². The highest BCUT2D eigenvalue weighted by Gasteiger charge is 2.17. The van der Waals surface area contributed by atoms with Gasteiger partial charge in [-0.15, -0.1) is 0 Å². The number of aromatic amines is 1. The van der Waals surface area contributed by atoms with E-state index < -0.39 is 0 Å². The van der Waals surface area contributed by atoms with Crippen molar-refractivity contribution in [1.29, 1.82) is 0 Å². The molecule has 0 atom stereocenters. The molecule has 0 aliphatic carbocycles. The van der Waals surface area contributed by atoms with E-state index in [9.17, 15) is 0 Å². The van der Waals surface area contributed by atoms with Crippen LogP contribution in [0.15, 0.2) is 91.0 Å². The first-order valence-corrected chi connectivity index (χ1v) is 14.9. The van der Waals surface area contributed by atoms with E-state index in [0.29, 0.717) is 0 Å². The maximum atomic E-state index is 4.98. The lowest BCUT2D eigenvalue weighted by atomic mass is 10.0. The summed E-state index contributed by atoms with van der Waals surface area (Å²) >= 11 is 0. The Morgan fingerprint density at radius 3 is 2.07 bits per heavy atom. The van der Waals surface area contributed by atoms with E-state index in [-0.39, 0.29) is 0 Å². The minimum absolute atomic E-state index is 1.03. The maximum absolute atomic E-state index is 4.98. The lowest BCUT2D eigenvalue weighted by molar-refractivity contribution is 0.923. The van der Waals surface area contributed by atoms with E-state index in [4.69, 9.17) is 4.98 Å². The van der Waals surface area contributed by atoms with Crippen LogP contribution >= 0.6 is 0 Å². The molecule has 0 aliphatic heterocycles. The van der Waals surface area contributed by atoms with E-state index in [2.05, 4.69) is 121 Å². The van der Waals surface area contributed by atoms with E-state index in [1.54, 1.807) is 0 Å². The number of nitrogens with zero attached hydrogens (tertiary/aromatic N) is 2. The predicted octanol–water partition coefficient (Wildman–Crippen LogP) is 10.3. The highest BCUT2D eigenvalue weighted by atomic mass is 15.0. The number of fused-ring (bicyclic) bond motifs is 8. The lowest BCUT2D eigenvalue weighted by Crippen LogP contribution is -1.95. The van der Waals surface area contributed by atoms with Crippen LogP contribution in [-0.2, 0) is 12.8 Å². The van der Waals surface area contributed by atoms with Gasteiger partial charge in [-0.1, -0.05) is 50.5 Å². The third kappa shape index (κ3) is 3.83. The minimum Gasteiger partial charge on any atom is -0.354 e. The second-order valence-electron chi connectivity index (χ2n) is 11.7. The number of rotatable bonds is 5. The molecule has 200 valence electrons. The zero-order valence-corrected chi connectivity index (χ0v) is 23.9. The van der Waals surface area contributed by atoms with Crippen LogP contribution in [0.5, 0.6) is 0 Å². The highest BCUT2D eigenvalue weighted by molar-refractivity contribution is 6.18. The van der Waals surface area contributed by atoms with Crippen molar-refractivity contribution in [3.8, 4) is 5.69 Å². The first-order chi connectivity index (χ1) is 20.1. The first-order valence-electron chi connectivity index (χ1n) is 14.9. The number of hydrogen-bond donors (Lipinski definition) is 1. The monoisotopic (exact) mass is 531 g/mol. The van der Waals surface area contributed by atoms with Crippen LogP contribution in [-0.4, -0.2) is 14.5 Å². The smallest absolute Gasteiger partial charge is 0.0711 e. The van der Waals surface area contributed by atoms with Crippen LogP contribution in [0.1, 0.15) is 43.4 Å². The number of hydrogen-bond acceptors (Lipinski definition) is 1. The number of benzene rings is 5. The van der Waals surface area contributed by atoms with Crippen LogP contribution < -0.4 is 0 Å². The summed E-state index contributed by atoms with van der Waals surface area (Å²) in [6, 6.07) is 34.2. The van der Waals surface area contributed by atoms with Crippen molar-refractivity contribution in [3.63, 3.8) is 0 Å². The van der Waals surface area contributed by atoms with Crippen LogP contribution in [0.3, 0.4) is 0 Å². The lowest BCUT2D eigenvalue weighted by Gasteiger charge is -2.10. The molecule has 0 aliphatic rings. The van der Waals surface area contributed by atoms with Crippen LogP contribution in [0, 0.1) is 6.92 Å². The van der Waals surface area contributed by atoms with Crippen molar-refractivity contribution in [2.45, 2.75) is 46.5 Å². The van der Waals surface area contributed by atoms with Gasteiger partial charge in [0.2, 0.25) is 0 Å². The van der Waals surface area contributed by atoms with Gasteiger partial charge in [-0.3, -0.25) is 0 Å². The van der Waals surface area contributed by atoms with E-state index in [1.807, 2.05) is 0 Å². The van der Waals surface area contributed by atoms with Gasteiger partial charge in [-0.2, -0.15) is 0 Å². The Morgan fingerprint density at radius 2 is 1.27 bits per heavy atom. The zero-order chi connectivity index (χ0) is 27.7. The molecule has 8 rings (SSSR count). The topological polar surface area (TPSA) is 33.6 Å². The summed E-state index contributed by atoms with van der Waals surface area (Å²) in [5.41, 5.74) is 12.2. The van der Waals surface area contributed by atoms with Gasteiger partial charge in [0.15, 0.2) is 0 Å². The normalized spacial score (nSPS) is 12.2. The van der Waals surface area contributed by atoms with Crippen molar-refractivity contribution in [2.24, 2.45) is 0 Å². The van der Waals surface area contributed by atoms with Crippen molar-refractivity contribution in [3.05, 3.63) is 108 Å². The fourth-order valence-corrected chi connectivity index (χ4v) is 6.76. The third-order valence-electron chi connectivity index (χ3n) is 8.69. The first kappa shape index (κ1) is 24.2. The Morgan fingerprint density at radius 1 is 0.585 bits per heavy atom. The third-order valence-corrected chi connectivity index (χ3v) is 8.69. The average Bonchev–Trinajstić information content (AvgIpc) is 3.49.